The number of aryl methyl sites for hydroxylation is 1. The molecule has 0 aliphatic rings. The molecule has 0 aliphatic carbocycles. The van der Waals surface area contributed by atoms with E-state index in [1.54, 1.807) is 18.2 Å². The zero-order chi connectivity index (χ0) is 16.2. The molecular formula is C19H18N2O2. The molecule has 0 bridgehead atoms. The van der Waals surface area contributed by atoms with E-state index >= 15 is 0 Å². The summed E-state index contributed by atoms with van der Waals surface area (Å²) in [6, 6.07) is 18.4. The fraction of sp³-hybridized carbons (Fsp3) is 0.105. The van der Waals surface area contributed by atoms with Gasteiger partial charge in [-0.2, -0.15) is 0 Å². The molecule has 2 amide bonds. The molecule has 0 heterocycles. The predicted octanol–water partition coefficient (Wildman–Crippen LogP) is 4.18. The second-order valence-corrected chi connectivity index (χ2v) is 5.41. The smallest absolute Gasteiger partial charge is 0.319 e. The van der Waals surface area contributed by atoms with E-state index in [9.17, 15) is 9.90 Å². The highest BCUT2D eigenvalue weighted by molar-refractivity contribution is 6.03. The van der Waals surface area contributed by atoms with E-state index in [4.69, 9.17) is 0 Å². The fourth-order valence-corrected chi connectivity index (χ4v) is 2.55. The zero-order valence-electron chi connectivity index (χ0n) is 12.8. The van der Waals surface area contributed by atoms with Crippen molar-refractivity contribution in [1.82, 2.24) is 5.32 Å². The fourth-order valence-electron chi connectivity index (χ4n) is 2.55. The van der Waals surface area contributed by atoms with Gasteiger partial charge in [-0.15, -0.1) is 0 Å². The Hall–Kier alpha value is -3.01. The quantitative estimate of drug-likeness (QED) is 0.680. The summed E-state index contributed by atoms with van der Waals surface area (Å²) in [6.45, 7) is 2.48. The lowest BCUT2D eigenvalue weighted by atomic mass is 10.1. The predicted molar refractivity (Wildman–Crippen MR) is 92.7 cm³/mol. The van der Waals surface area contributed by atoms with Crippen molar-refractivity contribution in [3.05, 3.63) is 71.8 Å². The van der Waals surface area contributed by atoms with Gasteiger partial charge >= 0.3 is 6.03 Å². The summed E-state index contributed by atoms with van der Waals surface area (Å²) in [6.07, 6.45) is 0. The number of hydrogen-bond donors (Lipinski definition) is 3. The third kappa shape index (κ3) is 3.26. The summed E-state index contributed by atoms with van der Waals surface area (Å²) >= 11 is 0. The first-order valence-electron chi connectivity index (χ1n) is 7.45. The molecule has 0 saturated heterocycles. The Labute approximate surface area is 134 Å². The number of hydrogen-bond acceptors (Lipinski definition) is 2. The molecule has 0 saturated carbocycles. The maximum atomic E-state index is 12.1. The molecule has 3 aromatic rings. The zero-order valence-corrected chi connectivity index (χ0v) is 12.8. The van der Waals surface area contributed by atoms with Gasteiger partial charge in [-0.25, -0.2) is 4.79 Å². The summed E-state index contributed by atoms with van der Waals surface area (Å²) in [4.78, 5) is 12.1. The van der Waals surface area contributed by atoms with Crippen LogP contribution in [0, 0.1) is 6.92 Å². The topological polar surface area (TPSA) is 61.4 Å². The Kier molecular flexibility index (Phi) is 4.15. The second-order valence-electron chi connectivity index (χ2n) is 5.41. The molecule has 3 rings (SSSR count). The number of phenols is 1. The number of anilines is 1. The number of carbonyl (C=O) groups excluding carboxylic acids is 1. The molecule has 0 aliphatic heterocycles. The standard InChI is InChI=1S/C19H18N2O2/c1-13-6-2-3-7-14(13)12-20-19(23)21-17-10-4-9-16-15(17)8-5-11-18(16)22/h2-11,22H,12H2,1H3,(H2,20,21,23). The molecule has 3 N–H and O–H groups in total. The third-order valence-electron chi connectivity index (χ3n) is 3.85. The second kappa shape index (κ2) is 6.40. The van der Waals surface area contributed by atoms with Crippen molar-refractivity contribution in [3.8, 4) is 5.75 Å². The van der Waals surface area contributed by atoms with Crippen LogP contribution in [0.4, 0.5) is 10.5 Å². The van der Waals surface area contributed by atoms with Crippen LogP contribution in [-0.4, -0.2) is 11.1 Å². The van der Waals surface area contributed by atoms with E-state index in [0.717, 1.165) is 16.5 Å². The lowest BCUT2D eigenvalue weighted by molar-refractivity contribution is 0.252. The Balaban J connectivity index is 1.74. The summed E-state index contributed by atoms with van der Waals surface area (Å²) in [5.74, 6) is 0.200. The minimum Gasteiger partial charge on any atom is -0.507 e. The van der Waals surface area contributed by atoms with Crippen LogP contribution in [0.2, 0.25) is 0 Å². The molecule has 3 aromatic carbocycles. The van der Waals surface area contributed by atoms with Gasteiger partial charge in [0.2, 0.25) is 0 Å². The van der Waals surface area contributed by atoms with Gasteiger partial charge in [-0.1, -0.05) is 48.5 Å². The number of nitrogens with one attached hydrogen (secondary N) is 2. The van der Waals surface area contributed by atoms with Gasteiger partial charge in [0.05, 0.1) is 5.69 Å². The lowest BCUT2D eigenvalue weighted by Gasteiger charge is -2.11. The normalized spacial score (nSPS) is 10.5. The molecule has 0 fully saturated rings. The molecule has 0 aromatic heterocycles. The van der Waals surface area contributed by atoms with E-state index in [1.807, 2.05) is 49.4 Å². The van der Waals surface area contributed by atoms with Gasteiger partial charge in [-0.05, 0) is 30.2 Å². The molecule has 0 spiro atoms. The van der Waals surface area contributed by atoms with E-state index in [2.05, 4.69) is 10.6 Å². The van der Waals surface area contributed by atoms with Crippen molar-refractivity contribution in [2.24, 2.45) is 0 Å². The number of carbonyl (C=O) groups is 1. The highest BCUT2D eigenvalue weighted by Crippen LogP contribution is 2.29. The Morgan fingerprint density at radius 1 is 0.957 bits per heavy atom. The van der Waals surface area contributed by atoms with Crippen molar-refractivity contribution >= 4 is 22.5 Å². The highest BCUT2D eigenvalue weighted by atomic mass is 16.3. The van der Waals surface area contributed by atoms with Crippen molar-refractivity contribution in [1.29, 1.82) is 0 Å². The van der Waals surface area contributed by atoms with Gasteiger partial charge in [-0.3, -0.25) is 0 Å². The van der Waals surface area contributed by atoms with E-state index < -0.39 is 0 Å². The van der Waals surface area contributed by atoms with Crippen LogP contribution in [0.25, 0.3) is 10.8 Å². The van der Waals surface area contributed by atoms with E-state index in [-0.39, 0.29) is 11.8 Å². The molecule has 23 heavy (non-hydrogen) atoms. The van der Waals surface area contributed by atoms with Gasteiger partial charge in [0.1, 0.15) is 5.75 Å². The molecule has 0 atom stereocenters. The SMILES string of the molecule is Cc1ccccc1CNC(=O)Nc1cccc2c(O)cccc12. The van der Waals surface area contributed by atoms with Gasteiger partial charge in [0.15, 0.2) is 0 Å². The Morgan fingerprint density at radius 3 is 2.52 bits per heavy atom. The number of urea groups is 1. The van der Waals surface area contributed by atoms with Crippen molar-refractivity contribution in [3.63, 3.8) is 0 Å². The first-order chi connectivity index (χ1) is 11.1. The van der Waals surface area contributed by atoms with Crippen LogP contribution in [0.3, 0.4) is 0 Å². The Morgan fingerprint density at radius 2 is 1.70 bits per heavy atom. The summed E-state index contributed by atoms with van der Waals surface area (Å²) in [5, 5.41) is 17.1. The van der Waals surface area contributed by atoms with Crippen LogP contribution in [0.15, 0.2) is 60.7 Å². The molecule has 116 valence electrons. The average Bonchev–Trinajstić information content (AvgIpc) is 2.55. The van der Waals surface area contributed by atoms with Gasteiger partial charge in [0, 0.05) is 17.3 Å². The van der Waals surface area contributed by atoms with Crippen molar-refractivity contribution in [2.45, 2.75) is 13.5 Å². The largest absolute Gasteiger partial charge is 0.507 e. The van der Waals surface area contributed by atoms with Crippen LogP contribution in [0.5, 0.6) is 5.75 Å². The van der Waals surface area contributed by atoms with Crippen LogP contribution in [-0.2, 0) is 6.54 Å². The molecule has 4 nitrogen and oxygen atoms in total. The number of aromatic hydroxyl groups is 1. The minimum atomic E-state index is -0.274. The van der Waals surface area contributed by atoms with Crippen molar-refractivity contribution in [2.75, 3.05) is 5.32 Å². The summed E-state index contributed by atoms with van der Waals surface area (Å²) < 4.78 is 0. The number of rotatable bonds is 3. The van der Waals surface area contributed by atoms with E-state index in [1.165, 1.54) is 0 Å². The average molecular weight is 306 g/mol. The highest BCUT2D eigenvalue weighted by Gasteiger charge is 2.07. The van der Waals surface area contributed by atoms with Crippen LogP contribution < -0.4 is 10.6 Å². The maximum absolute atomic E-state index is 12.1. The Bertz CT molecular complexity index is 859. The van der Waals surface area contributed by atoms with E-state index in [0.29, 0.717) is 17.6 Å². The number of benzene rings is 3. The monoisotopic (exact) mass is 306 g/mol. The summed E-state index contributed by atoms with van der Waals surface area (Å²) in [5.41, 5.74) is 2.89. The first-order valence-corrected chi connectivity index (χ1v) is 7.45. The maximum Gasteiger partial charge on any atom is 0.319 e. The van der Waals surface area contributed by atoms with Crippen LogP contribution in [0.1, 0.15) is 11.1 Å². The lowest BCUT2D eigenvalue weighted by Crippen LogP contribution is -2.28. The first kappa shape index (κ1) is 14.9. The summed E-state index contributed by atoms with van der Waals surface area (Å²) in [7, 11) is 0. The number of fused-ring (bicyclic) bond motifs is 1. The number of phenolic OH excluding ortho intramolecular Hbond substituents is 1. The molecular weight excluding hydrogens is 288 g/mol. The minimum absolute atomic E-state index is 0.200. The third-order valence-corrected chi connectivity index (χ3v) is 3.85. The van der Waals surface area contributed by atoms with Gasteiger partial charge < -0.3 is 15.7 Å². The van der Waals surface area contributed by atoms with Crippen molar-refractivity contribution < 1.29 is 9.90 Å². The molecule has 0 radical (unpaired) electrons. The molecule has 0 unspecified atom stereocenters. The van der Waals surface area contributed by atoms with Gasteiger partial charge in [0.25, 0.3) is 0 Å². The molecule has 4 heteroatoms. The van der Waals surface area contributed by atoms with Crippen LogP contribution >= 0.6 is 0 Å². The number of amides is 2.